The van der Waals surface area contributed by atoms with E-state index in [1.54, 1.807) is 0 Å². The third kappa shape index (κ3) is 1.75. The number of ether oxygens (including phenoxy) is 1. The van der Waals surface area contributed by atoms with Crippen LogP contribution in [-0.2, 0) is 9.53 Å². The average molecular weight is 260 g/mol. The maximum Gasteiger partial charge on any atom is 0.313 e. The van der Waals surface area contributed by atoms with Crippen molar-refractivity contribution in [2.24, 2.45) is 11.1 Å². The number of esters is 1. The minimum Gasteiger partial charge on any atom is -0.469 e. The highest BCUT2D eigenvalue weighted by Crippen LogP contribution is 2.51. The van der Waals surface area contributed by atoms with Crippen molar-refractivity contribution in [3.05, 3.63) is 21.3 Å². The molecule has 1 aliphatic carbocycles. The van der Waals surface area contributed by atoms with Crippen molar-refractivity contribution in [2.75, 3.05) is 7.11 Å². The van der Waals surface area contributed by atoms with E-state index >= 15 is 0 Å². The molecule has 3 nitrogen and oxygen atoms in total. The maximum absolute atomic E-state index is 11.8. The lowest BCUT2D eigenvalue weighted by Crippen LogP contribution is -2.47. The molecule has 0 bridgehead atoms. The Morgan fingerprint density at radius 3 is 2.69 bits per heavy atom. The number of halogens is 1. The van der Waals surface area contributed by atoms with Crippen LogP contribution >= 0.6 is 22.9 Å². The summed E-state index contributed by atoms with van der Waals surface area (Å²) in [5.41, 5.74) is 5.65. The lowest BCUT2D eigenvalue weighted by atomic mass is 9.64. The first-order valence-electron chi connectivity index (χ1n) is 5.19. The Labute approximate surface area is 104 Å². The quantitative estimate of drug-likeness (QED) is 0.850. The van der Waals surface area contributed by atoms with Crippen LogP contribution in [0.2, 0.25) is 4.34 Å². The zero-order valence-corrected chi connectivity index (χ0v) is 10.6. The van der Waals surface area contributed by atoms with Gasteiger partial charge in [-0.3, -0.25) is 4.79 Å². The highest BCUT2D eigenvalue weighted by molar-refractivity contribution is 7.16. The minimum atomic E-state index is -0.525. The topological polar surface area (TPSA) is 52.3 Å². The van der Waals surface area contributed by atoms with E-state index < -0.39 is 5.41 Å². The van der Waals surface area contributed by atoms with Crippen molar-refractivity contribution in [2.45, 2.75) is 25.3 Å². The lowest BCUT2D eigenvalue weighted by molar-refractivity contribution is -0.160. The van der Waals surface area contributed by atoms with Gasteiger partial charge < -0.3 is 10.5 Å². The van der Waals surface area contributed by atoms with Gasteiger partial charge in [0.1, 0.15) is 0 Å². The molecule has 0 amide bonds. The van der Waals surface area contributed by atoms with E-state index in [-0.39, 0.29) is 12.0 Å². The number of carbonyl (C=O) groups excluding carboxylic acids is 1. The molecule has 1 heterocycles. The molecule has 16 heavy (non-hydrogen) atoms. The average Bonchev–Trinajstić information content (AvgIpc) is 2.62. The summed E-state index contributed by atoms with van der Waals surface area (Å²) in [6.07, 6.45) is 2.63. The van der Waals surface area contributed by atoms with Crippen molar-refractivity contribution in [1.29, 1.82) is 0 Å². The van der Waals surface area contributed by atoms with Crippen LogP contribution in [0.3, 0.4) is 0 Å². The van der Waals surface area contributed by atoms with Gasteiger partial charge in [0.25, 0.3) is 0 Å². The first kappa shape index (κ1) is 11.9. The van der Waals surface area contributed by atoms with Gasteiger partial charge in [0, 0.05) is 4.88 Å². The molecule has 0 spiro atoms. The molecule has 1 saturated carbocycles. The van der Waals surface area contributed by atoms with Gasteiger partial charge in [-0.05, 0) is 25.0 Å². The largest absolute Gasteiger partial charge is 0.469 e. The molecule has 0 aliphatic heterocycles. The first-order valence-corrected chi connectivity index (χ1v) is 6.39. The molecular weight excluding hydrogens is 246 g/mol. The summed E-state index contributed by atoms with van der Waals surface area (Å²) in [7, 11) is 1.41. The Hall–Kier alpha value is -0.580. The van der Waals surface area contributed by atoms with Crippen LogP contribution in [0.25, 0.3) is 0 Å². The predicted octanol–water partition coefficient (Wildman–Crippen LogP) is 2.74. The summed E-state index contributed by atoms with van der Waals surface area (Å²) in [6, 6.07) is 3.40. The van der Waals surface area contributed by atoms with Crippen LogP contribution in [0, 0.1) is 5.41 Å². The Balaban J connectivity index is 2.25. The third-order valence-corrected chi connectivity index (χ3v) is 4.65. The summed E-state index contributed by atoms with van der Waals surface area (Å²) in [6.45, 7) is 0. The molecule has 1 unspecified atom stereocenters. The fourth-order valence-corrected chi connectivity index (χ4v) is 3.35. The monoisotopic (exact) mass is 259 g/mol. The zero-order valence-electron chi connectivity index (χ0n) is 9.03. The van der Waals surface area contributed by atoms with Gasteiger partial charge in [-0.2, -0.15) is 0 Å². The highest BCUT2D eigenvalue weighted by atomic mass is 35.5. The second-order valence-electron chi connectivity index (χ2n) is 4.12. The van der Waals surface area contributed by atoms with E-state index in [4.69, 9.17) is 22.1 Å². The predicted molar refractivity (Wildman–Crippen MR) is 64.6 cm³/mol. The number of hydrogen-bond acceptors (Lipinski definition) is 4. The Kier molecular flexibility index (Phi) is 3.24. The lowest BCUT2D eigenvalue weighted by Gasteiger charge is -2.42. The zero-order chi connectivity index (χ0) is 11.8. The fourth-order valence-electron chi connectivity index (χ4n) is 2.17. The number of rotatable bonds is 3. The van der Waals surface area contributed by atoms with Gasteiger partial charge in [0.15, 0.2) is 0 Å². The van der Waals surface area contributed by atoms with Gasteiger partial charge in [-0.15, -0.1) is 11.3 Å². The molecule has 1 fully saturated rings. The van der Waals surface area contributed by atoms with Crippen LogP contribution in [0.4, 0.5) is 0 Å². The summed E-state index contributed by atoms with van der Waals surface area (Å²) in [4.78, 5) is 12.8. The van der Waals surface area contributed by atoms with Gasteiger partial charge in [-0.1, -0.05) is 18.0 Å². The molecule has 2 N–H and O–H groups in total. The van der Waals surface area contributed by atoms with Crippen LogP contribution in [0.1, 0.15) is 30.2 Å². The molecule has 1 aromatic rings. The molecule has 88 valence electrons. The van der Waals surface area contributed by atoms with E-state index in [1.165, 1.54) is 18.4 Å². The van der Waals surface area contributed by atoms with Crippen molar-refractivity contribution in [3.8, 4) is 0 Å². The van der Waals surface area contributed by atoms with E-state index in [0.717, 1.165) is 24.1 Å². The molecule has 1 aromatic heterocycles. The molecule has 2 rings (SSSR count). The SMILES string of the molecule is COC(=O)C1(C(N)c2ccc(Cl)s2)CCC1. The summed E-state index contributed by atoms with van der Waals surface area (Å²) >= 11 is 7.31. The van der Waals surface area contributed by atoms with Crippen molar-refractivity contribution < 1.29 is 9.53 Å². The van der Waals surface area contributed by atoms with Crippen LogP contribution < -0.4 is 5.73 Å². The number of nitrogens with two attached hydrogens (primary N) is 1. The summed E-state index contributed by atoms with van der Waals surface area (Å²) in [5.74, 6) is -0.198. The molecule has 1 atom stereocenters. The standard InChI is InChI=1S/C11H14ClNO2S/c1-15-10(14)11(5-2-6-11)9(13)7-3-4-8(12)16-7/h3-4,9H,2,5-6,13H2,1H3. The molecule has 0 aromatic carbocycles. The Morgan fingerprint density at radius 2 is 2.31 bits per heavy atom. The van der Waals surface area contributed by atoms with Crippen molar-refractivity contribution >= 4 is 28.9 Å². The molecule has 0 radical (unpaired) electrons. The van der Waals surface area contributed by atoms with Crippen LogP contribution in [0.15, 0.2) is 12.1 Å². The highest BCUT2D eigenvalue weighted by Gasteiger charge is 2.50. The Bertz CT molecular complexity index is 400. The van der Waals surface area contributed by atoms with E-state index in [1.807, 2.05) is 12.1 Å². The van der Waals surface area contributed by atoms with Crippen LogP contribution in [0.5, 0.6) is 0 Å². The van der Waals surface area contributed by atoms with Gasteiger partial charge in [0.2, 0.25) is 0 Å². The van der Waals surface area contributed by atoms with Gasteiger partial charge in [-0.25, -0.2) is 0 Å². The fraction of sp³-hybridized carbons (Fsp3) is 0.545. The van der Waals surface area contributed by atoms with Gasteiger partial charge >= 0.3 is 5.97 Å². The summed E-state index contributed by atoms with van der Waals surface area (Å²) in [5, 5.41) is 0. The van der Waals surface area contributed by atoms with Crippen molar-refractivity contribution in [3.63, 3.8) is 0 Å². The van der Waals surface area contributed by atoms with E-state index in [2.05, 4.69) is 0 Å². The maximum atomic E-state index is 11.8. The number of hydrogen-bond donors (Lipinski definition) is 1. The molecule has 5 heteroatoms. The van der Waals surface area contributed by atoms with E-state index in [0.29, 0.717) is 4.34 Å². The molecular formula is C11H14ClNO2S. The normalized spacial score (nSPS) is 19.9. The van der Waals surface area contributed by atoms with Crippen molar-refractivity contribution in [1.82, 2.24) is 0 Å². The van der Waals surface area contributed by atoms with E-state index in [9.17, 15) is 4.79 Å². The summed E-state index contributed by atoms with van der Waals surface area (Å²) < 4.78 is 5.56. The number of methoxy groups -OCH3 is 1. The van der Waals surface area contributed by atoms with Gasteiger partial charge in [0.05, 0.1) is 22.9 Å². The van der Waals surface area contributed by atoms with Crippen LogP contribution in [-0.4, -0.2) is 13.1 Å². The molecule has 1 aliphatic rings. The smallest absolute Gasteiger partial charge is 0.313 e. The number of thiophene rings is 1. The second-order valence-corrected chi connectivity index (χ2v) is 5.87. The minimum absolute atomic E-state index is 0.198. The second kappa shape index (κ2) is 4.35. The molecule has 0 saturated heterocycles. The Morgan fingerprint density at radius 1 is 1.62 bits per heavy atom. The number of carbonyl (C=O) groups is 1. The third-order valence-electron chi connectivity index (χ3n) is 3.33. The first-order chi connectivity index (χ1) is 7.60.